The summed E-state index contributed by atoms with van der Waals surface area (Å²) in [4.78, 5) is 25.2. The summed E-state index contributed by atoms with van der Waals surface area (Å²) in [5.41, 5.74) is 2.32. The number of amides is 2. The number of aryl methyl sites for hydroxylation is 1. The van der Waals surface area contributed by atoms with Crippen molar-refractivity contribution in [1.82, 2.24) is 0 Å². The fourth-order valence-electron chi connectivity index (χ4n) is 3.67. The number of hydrogen-bond acceptors (Lipinski definition) is 4. The number of rotatable bonds is 4. The van der Waals surface area contributed by atoms with Crippen LogP contribution in [0.5, 0.6) is 0 Å². The molecule has 144 valence electrons. The number of urea groups is 1. The van der Waals surface area contributed by atoms with Crippen molar-refractivity contribution in [2.45, 2.75) is 38.6 Å². The van der Waals surface area contributed by atoms with E-state index < -0.39 is 11.7 Å². The first-order chi connectivity index (χ1) is 13.6. The Bertz CT molecular complexity index is 1070. The molecule has 1 saturated carbocycles. The van der Waals surface area contributed by atoms with Gasteiger partial charge in [0.2, 0.25) is 0 Å². The van der Waals surface area contributed by atoms with Gasteiger partial charge in [0.05, 0.1) is 5.69 Å². The Hall–Kier alpha value is -3.28. The van der Waals surface area contributed by atoms with Crippen LogP contribution < -0.4 is 21.6 Å². The van der Waals surface area contributed by atoms with E-state index in [-0.39, 0.29) is 11.7 Å². The zero-order valence-electron chi connectivity index (χ0n) is 15.7. The molecule has 0 saturated heterocycles. The van der Waals surface area contributed by atoms with E-state index in [1.165, 1.54) is 0 Å². The quantitative estimate of drug-likeness (QED) is 0.552. The Labute approximate surface area is 162 Å². The van der Waals surface area contributed by atoms with Crippen LogP contribution in [0.2, 0.25) is 0 Å². The molecule has 0 atom stereocenters. The number of fused-ring (bicyclic) bond motifs is 1. The molecule has 0 bridgehead atoms. The molecule has 1 aliphatic rings. The van der Waals surface area contributed by atoms with E-state index in [9.17, 15) is 9.59 Å². The van der Waals surface area contributed by atoms with Gasteiger partial charge in [-0.05, 0) is 43.5 Å². The molecule has 1 aliphatic carbocycles. The van der Waals surface area contributed by atoms with E-state index in [2.05, 4.69) is 16.0 Å². The maximum absolute atomic E-state index is 12.6. The predicted octanol–water partition coefficient (Wildman–Crippen LogP) is 5.10. The van der Waals surface area contributed by atoms with E-state index in [1.807, 2.05) is 49.4 Å². The first-order valence-electron chi connectivity index (χ1n) is 9.58. The highest BCUT2D eigenvalue weighted by Crippen LogP contribution is 2.32. The van der Waals surface area contributed by atoms with Gasteiger partial charge in [-0.3, -0.25) is 5.32 Å². The lowest BCUT2D eigenvalue weighted by Gasteiger charge is -2.19. The van der Waals surface area contributed by atoms with Crippen LogP contribution in [0.25, 0.3) is 11.0 Å². The van der Waals surface area contributed by atoms with Crippen LogP contribution in [0.3, 0.4) is 0 Å². The second kappa shape index (κ2) is 7.76. The Morgan fingerprint density at radius 2 is 1.68 bits per heavy atom. The highest BCUT2D eigenvalue weighted by atomic mass is 16.4. The first-order valence-corrected chi connectivity index (χ1v) is 9.58. The summed E-state index contributed by atoms with van der Waals surface area (Å²) in [6.45, 7) is 1.91. The molecule has 1 aromatic heterocycles. The van der Waals surface area contributed by atoms with Crippen molar-refractivity contribution in [3.8, 4) is 0 Å². The molecule has 28 heavy (non-hydrogen) atoms. The average molecular weight is 377 g/mol. The normalized spacial score (nSPS) is 14.2. The predicted molar refractivity (Wildman–Crippen MR) is 112 cm³/mol. The summed E-state index contributed by atoms with van der Waals surface area (Å²) in [6, 6.07) is 14.6. The van der Waals surface area contributed by atoms with Crippen molar-refractivity contribution in [2.24, 2.45) is 0 Å². The van der Waals surface area contributed by atoms with Gasteiger partial charge >= 0.3 is 11.7 Å². The topological polar surface area (TPSA) is 83.4 Å². The van der Waals surface area contributed by atoms with Crippen LogP contribution in [0.15, 0.2) is 57.7 Å². The standard InChI is InChI=1S/C22H23N3O3/c1-14-8-2-6-12-17(14)24-22(27)25-20-19(23-15-9-3-4-10-15)16-11-5-7-13-18(16)28-21(20)26/h2,5-8,11-13,15,23H,3-4,9-10H2,1H3,(H2,24,25,27). The number of hydrogen-bond donors (Lipinski definition) is 3. The SMILES string of the molecule is Cc1ccccc1NC(=O)Nc1c(NC2CCCC2)c2ccccc2oc1=O. The van der Waals surface area contributed by atoms with Crippen molar-refractivity contribution in [2.75, 3.05) is 16.0 Å². The Kier molecular flexibility index (Phi) is 5.02. The number of carbonyl (C=O) groups is 1. The van der Waals surface area contributed by atoms with E-state index in [1.54, 1.807) is 6.07 Å². The molecule has 6 heteroatoms. The lowest BCUT2D eigenvalue weighted by molar-refractivity contribution is 0.262. The zero-order valence-corrected chi connectivity index (χ0v) is 15.7. The van der Waals surface area contributed by atoms with Gasteiger partial charge in [-0.1, -0.05) is 43.2 Å². The van der Waals surface area contributed by atoms with Crippen LogP contribution in [0.1, 0.15) is 31.2 Å². The number of benzene rings is 2. The van der Waals surface area contributed by atoms with Gasteiger partial charge in [0.25, 0.3) is 0 Å². The smallest absolute Gasteiger partial charge is 0.362 e. The number of para-hydroxylation sites is 2. The molecule has 3 N–H and O–H groups in total. The second-order valence-electron chi connectivity index (χ2n) is 7.16. The van der Waals surface area contributed by atoms with Crippen molar-refractivity contribution in [3.63, 3.8) is 0 Å². The average Bonchev–Trinajstić information content (AvgIpc) is 3.19. The Balaban J connectivity index is 1.68. The van der Waals surface area contributed by atoms with Gasteiger partial charge in [-0.2, -0.15) is 0 Å². The van der Waals surface area contributed by atoms with E-state index in [4.69, 9.17) is 4.42 Å². The van der Waals surface area contributed by atoms with Crippen molar-refractivity contribution in [1.29, 1.82) is 0 Å². The molecule has 0 spiro atoms. The molecule has 0 aliphatic heterocycles. The third-order valence-corrected chi connectivity index (χ3v) is 5.15. The van der Waals surface area contributed by atoms with Crippen molar-refractivity contribution in [3.05, 3.63) is 64.5 Å². The summed E-state index contributed by atoms with van der Waals surface area (Å²) < 4.78 is 5.43. The van der Waals surface area contributed by atoms with Gasteiger partial charge in [0, 0.05) is 17.1 Å². The number of nitrogens with one attached hydrogen (secondary N) is 3. The van der Waals surface area contributed by atoms with E-state index >= 15 is 0 Å². The zero-order chi connectivity index (χ0) is 19.5. The van der Waals surface area contributed by atoms with Crippen LogP contribution in [-0.2, 0) is 0 Å². The van der Waals surface area contributed by atoms with Gasteiger partial charge in [0.1, 0.15) is 5.58 Å². The molecule has 6 nitrogen and oxygen atoms in total. The molecule has 0 radical (unpaired) electrons. The molecule has 1 heterocycles. The maximum atomic E-state index is 12.6. The third kappa shape index (κ3) is 3.71. The lowest BCUT2D eigenvalue weighted by atomic mass is 10.1. The fourth-order valence-corrected chi connectivity index (χ4v) is 3.67. The molecule has 4 rings (SSSR count). The van der Waals surface area contributed by atoms with Crippen LogP contribution in [0.4, 0.5) is 21.9 Å². The molecule has 0 unspecified atom stereocenters. The monoisotopic (exact) mass is 377 g/mol. The number of carbonyl (C=O) groups excluding carboxylic acids is 1. The summed E-state index contributed by atoms with van der Waals surface area (Å²) in [5.74, 6) is 0. The van der Waals surface area contributed by atoms with Crippen LogP contribution in [-0.4, -0.2) is 12.1 Å². The van der Waals surface area contributed by atoms with Gasteiger partial charge < -0.3 is 15.1 Å². The minimum absolute atomic E-state index is 0.136. The molecule has 3 aromatic rings. The Morgan fingerprint density at radius 1 is 0.964 bits per heavy atom. The number of anilines is 3. The lowest BCUT2D eigenvalue weighted by Crippen LogP contribution is -2.26. The van der Waals surface area contributed by atoms with Gasteiger partial charge in [-0.15, -0.1) is 0 Å². The Morgan fingerprint density at radius 3 is 2.46 bits per heavy atom. The fraction of sp³-hybridized carbons (Fsp3) is 0.273. The van der Waals surface area contributed by atoms with E-state index in [0.29, 0.717) is 17.0 Å². The van der Waals surface area contributed by atoms with Crippen LogP contribution >= 0.6 is 0 Å². The summed E-state index contributed by atoms with van der Waals surface area (Å²) in [6.07, 6.45) is 4.41. The van der Waals surface area contributed by atoms with Gasteiger partial charge in [0.15, 0.2) is 5.69 Å². The van der Waals surface area contributed by atoms with E-state index in [0.717, 1.165) is 36.6 Å². The van der Waals surface area contributed by atoms with Gasteiger partial charge in [-0.25, -0.2) is 9.59 Å². The third-order valence-electron chi connectivity index (χ3n) is 5.15. The maximum Gasteiger partial charge on any atom is 0.362 e. The van der Waals surface area contributed by atoms with Crippen molar-refractivity contribution >= 4 is 34.1 Å². The molecule has 1 fully saturated rings. The largest absolute Gasteiger partial charge is 0.421 e. The summed E-state index contributed by atoms with van der Waals surface area (Å²) in [7, 11) is 0. The van der Waals surface area contributed by atoms with Crippen molar-refractivity contribution < 1.29 is 9.21 Å². The summed E-state index contributed by atoms with van der Waals surface area (Å²) in [5, 5.41) is 9.75. The highest BCUT2D eigenvalue weighted by molar-refractivity contribution is 6.06. The second-order valence-corrected chi connectivity index (χ2v) is 7.16. The minimum atomic E-state index is -0.570. The molecule has 2 aromatic carbocycles. The molecule has 2 amide bonds. The minimum Gasteiger partial charge on any atom is -0.421 e. The first kappa shape index (κ1) is 18.1. The van der Waals surface area contributed by atoms with Crippen LogP contribution in [0, 0.1) is 6.92 Å². The molecular weight excluding hydrogens is 354 g/mol. The molecular formula is C22H23N3O3. The highest BCUT2D eigenvalue weighted by Gasteiger charge is 2.22. The summed E-state index contributed by atoms with van der Waals surface area (Å²) >= 11 is 0.